The van der Waals surface area contributed by atoms with E-state index < -0.39 is 11.6 Å². The Morgan fingerprint density at radius 2 is 1.84 bits per heavy atom. The van der Waals surface area contributed by atoms with Crippen molar-refractivity contribution in [1.82, 2.24) is 15.1 Å². The minimum Gasteiger partial charge on any atom is -0.319 e. The molecule has 1 N–H and O–H groups in total. The zero-order valence-corrected chi connectivity index (χ0v) is 19.0. The summed E-state index contributed by atoms with van der Waals surface area (Å²) >= 11 is 0. The number of allylic oxidation sites excluding steroid dienone is 2. The molecule has 4 amide bonds. The molecule has 1 unspecified atom stereocenters. The fourth-order valence-corrected chi connectivity index (χ4v) is 4.52. The average Bonchev–Trinajstić information content (AvgIpc) is 3.53. The van der Waals surface area contributed by atoms with Crippen LogP contribution in [-0.4, -0.2) is 40.2 Å². The third-order valence-corrected chi connectivity index (χ3v) is 6.65. The van der Waals surface area contributed by atoms with Gasteiger partial charge in [-0.1, -0.05) is 51.1 Å². The minimum atomic E-state index is -1.16. The van der Waals surface area contributed by atoms with Gasteiger partial charge in [-0.2, -0.15) is 0 Å². The highest BCUT2D eigenvalue weighted by Gasteiger charge is 2.50. The van der Waals surface area contributed by atoms with Gasteiger partial charge in [0, 0.05) is 11.7 Å². The van der Waals surface area contributed by atoms with Crippen molar-refractivity contribution in [2.75, 3.05) is 6.54 Å². The van der Waals surface area contributed by atoms with Crippen LogP contribution in [0.3, 0.4) is 0 Å². The summed E-state index contributed by atoms with van der Waals surface area (Å²) in [6, 6.07) is 7.50. The number of nitrogens with one attached hydrogen (secondary N) is 1. The number of benzene rings is 1. The monoisotopic (exact) mass is 423 g/mol. The van der Waals surface area contributed by atoms with Crippen LogP contribution in [0.4, 0.5) is 4.79 Å². The lowest BCUT2D eigenvalue weighted by molar-refractivity contribution is -0.138. The van der Waals surface area contributed by atoms with E-state index >= 15 is 0 Å². The van der Waals surface area contributed by atoms with Crippen molar-refractivity contribution in [3.05, 3.63) is 47.2 Å². The zero-order valence-electron chi connectivity index (χ0n) is 19.0. The van der Waals surface area contributed by atoms with Crippen LogP contribution in [0.15, 0.2) is 36.0 Å². The Morgan fingerprint density at radius 3 is 2.39 bits per heavy atom. The van der Waals surface area contributed by atoms with Crippen LogP contribution in [0.25, 0.3) is 0 Å². The molecule has 0 bridgehead atoms. The standard InChI is InChI=1S/C25H33N3O3/c1-24(2,3)17-10-12-18(13-11-17)25(4)22(30)27(23(31)26-25)16-21(29)28(20-14-15-20)19-8-6-5-7-9-19/h8,10-13,20H,5-7,9,14-16H2,1-4H3,(H,26,31). The maximum absolute atomic E-state index is 13.3. The Balaban J connectivity index is 1.52. The molecule has 1 aliphatic heterocycles. The predicted molar refractivity (Wildman–Crippen MR) is 119 cm³/mol. The Labute approximate surface area is 184 Å². The van der Waals surface area contributed by atoms with E-state index in [9.17, 15) is 14.4 Å². The molecule has 6 nitrogen and oxygen atoms in total. The Hall–Kier alpha value is -2.63. The van der Waals surface area contributed by atoms with Crippen LogP contribution in [0.5, 0.6) is 0 Å². The molecule has 1 aromatic carbocycles. The van der Waals surface area contributed by atoms with Crippen LogP contribution in [-0.2, 0) is 20.5 Å². The van der Waals surface area contributed by atoms with Crippen LogP contribution in [0.2, 0.25) is 0 Å². The predicted octanol–water partition coefficient (Wildman–Crippen LogP) is 4.20. The van der Waals surface area contributed by atoms with E-state index in [1.807, 2.05) is 29.2 Å². The van der Waals surface area contributed by atoms with E-state index in [2.05, 4.69) is 32.2 Å². The summed E-state index contributed by atoms with van der Waals surface area (Å²) in [5, 5.41) is 2.83. The number of rotatable bonds is 5. The number of hydrogen-bond donors (Lipinski definition) is 1. The zero-order chi connectivity index (χ0) is 22.4. The maximum atomic E-state index is 13.3. The molecule has 1 atom stereocenters. The van der Waals surface area contributed by atoms with Crippen LogP contribution in [0.1, 0.15) is 77.3 Å². The molecule has 4 rings (SSSR count). The molecular formula is C25H33N3O3. The Bertz CT molecular complexity index is 924. The SMILES string of the molecule is CC(C)(C)c1ccc(C2(C)NC(=O)N(CC(=O)N(C3=CCCCC3)C3CC3)C2=O)cc1. The summed E-state index contributed by atoms with van der Waals surface area (Å²) in [7, 11) is 0. The minimum absolute atomic E-state index is 0.000888. The normalized spacial score (nSPS) is 24.1. The smallest absolute Gasteiger partial charge is 0.319 e. The fourth-order valence-electron chi connectivity index (χ4n) is 4.52. The van der Waals surface area contributed by atoms with Gasteiger partial charge >= 0.3 is 6.03 Å². The molecule has 1 saturated carbocycles. The lowest BCUT2D eigenvalue weighted by Crippen LogP contribution is -2.45. The number of urea groups is 1. The topological polar surface area (TPSA) is 69.7 Å². The summed E-state index contributed by atoms with van der Waals surface area (Å²) < 4.78 is 0. The van der Waals surface area contributed by atoms with Gasteiger partial charge in [0.05, 0.1) is 0 Å². The molecule has 6 heteroatoms. The highest BCUT2D eigenvalue weighted by atomic mass is 16.2. The lowest BCUT2D eigenvalue weighted by Gasteiger charge is -2.29. The van der Waals surface area contributed by atoms with Gasteiger partial charge in [-0.05, 0) is 62.0 Å². The van der Waals surface area contributed by atoms with Crippen LogP contribution >= 0.6 is 0 Å². The number of imide groups is 1. The first-order valence-corrected chi connectivity index (χ1v) is 11.4. The van der Waals surface area contributed by atoms with Crippen molar-refractivity contribution in [2.24, 2.45) is 0 Å². The first-order chi connectivity index (χ1) is 14.6. The first-order valence-electron chi connectivity index (χ1n) is 11.4. The van der Waals surface area contributed by atoms with Gasteiger partial charge in [0.1, 0.15) is 12.1 Å². The molecule has 2 aliphatic carbocycles. The Morgan fingerprint density at radius 1 is 1.16 bits per heavy atom. The summed E-state index contributed by atoms with van der Waals surface area (Å²) in [5.74, 6) is -0.533. The molecule has 166 valence electrons. The lowest BCUT2D eigenvalue weighted by atomic mass is 9.84. The van der Waals surface area contributed by atoms with Gasteiger partial charge < -0.3 is 10.2 Å². The van der Waals surface area contributed by atoms with Crippen molar-refractivity contribution in [3.8, 4) is 0 Å². The maximum Gasteiger partial charge on any atom is 0.325 e. The molecule has 0 spiro atoms. The van der Waals surface area contributed by atoms with E-state index in [0.717, 1.165) is 60.2 Å². The molecule has 3 aliphatic rings. The largest absolute Gasteiger partial charge is 0.325 e. The molecule has 1 heterocycles. The van der Waals surface area contributed by atoms with Gasteiger partial charge in [0.2, 0.25) is 5.91 Å². The summed E-state index contributed by atoms with van der Waals surface area (Å²) in [4.78, 5) is 42.1. The molecule has 1 aromatic rings. The van der Waals surface area contributed by atoms with Crippen molar-refractivity contribution in [1.29, 1.82) is 0 Å². The van der Waals surface area contributed by atoms with Crippen LogP contribution < -0.4 is 5.32 Å². The highest BCUT2D eigenvalue weighted by Crippen LogP contribution is 2.35. The second-order valence-electron chi connectivity index (χ2n) is 10.2. The van der Waals surface area contributed by atoms with Crippen molar-refractivity contribution in [3.63, 3.8) is 0 Å². The fraction of sp³-hybridized carbons (Fsp3) is 0.560. The summed E-state index contributed by atoms with van der Waals surface area (Å²) in [5.41, 5.74) is 1.78. The first kappa shape index (κ1) is 21.6. The number of carbonyl (C=O) groups excluding carboxylic acids is 3. The average molecular weight is 424 g/mol. The second kappa shape index (κ2) is 7.81. The van der Waals surface area contributed by atoms with E-state index in [4.69, 9.17) is 0 Å². The quantitative estimate of drug-likeness (QED) is 0.722. The van der Waals surface area contributed by atoms with Gasteiger partial charge in [-0.3, -0.25) is 14.5 Å². The summed E-state index contributed by atoms with van der Waals surface area (Å²) in [6.07, 6.45) is 8.22. The number of amides is 4. The number of nitrogens with zero attached hydrogens (tertiary/aromatic N) is 2. The number of carbonyl (C=O) groups is 3. The van der Waals surface area contributed by atoms with Crippen LogP contribution in [0, 0.1) is 0 Å². The van der Waals surface area contributed by atoms with Crippen molar-refractivity contribution < 1.29 is 14.4 Å². The third kappa shape index (κ3) is 4.12. The summed E-state index contributed by atoms with van der Waals surface area (Å²) in [6.45, 7) is 7.90. The Kier molecular flexibility index (Phi) is 5.44. The van der Waals surface area contributed by atoms with Gasteiger partial charge in [0.15, 0.2) is 0 Å². The number of hydrogen-bond acceptors (Lipinski definition) is 3. The molecule has 31 heavy (non-hydrogen) atoms. The van der Waals surface area contributed by atoms with Crippen molar-refractivity contribution >= 4 is 17.8 Å². The van der Waals surface area contributed by atoms with Crippen molar-refractivity contribution in [2.45, 2.75) is 83.2 Å². The van der Waals surface area contributed by atoms with Gasteiger partial charge in [0.25, 0.3) is 5.91 Å². The highest BCUT2D eigenvalue weighted by molar-refractivity contribution is 6.09. The third-order valence-electron chi connectivity index (χ3n) is 6.65. The van der Waals surface area contributed by atoms with E-state index in [0.29, 0.717) is 0 Å². The molecule has 1 saturated heterocycles. The van der Waals surface area contributed by atoms with Gasteiger partial charge in [-0.25, -0.2) is 4.79 Å². The molecule has 2 fully saturated rings. The van der Waals surface area contributed by atoms with E-state index in [1.165, 1.54) is 0 Å². The molecule has 0 radical (unpaired) electrons. The van der Waals surface area contributed by atoms with E-state index in [-0.39, 0.29) is 29.8 Å². The molecule has 0 aromatic heterocycles. The second-order valence-corrected chi connectivity index (χ2v) is 10.2. The van der Waals surface area contributed by atoms with Gasteiger partial charge in [-0.15, -0.1) is 0 Å². The molecular weight excluding hydrogens is 390 g/mol. The van der Waals surface area contributed by atoms with E-state index in [1.54, 1.807) is 6.92 Å².